The zero-order valence-electron chi connectivity index (χ0n) is 19.1. The molecule has 0 unspecified atom stereocenters. The van der Waals surface area contributed by atoms with Crippen molar-refractivity contribution in [2.75, 3.05) is 5.75 Å². The van der Waals surface area contributed by atoms with E-state index >= 15 is 0 Å². The van der Waals surface area contributed by atoms with Crippen molar-refractivity contribution in [1.29, 1.82) is 0 Å². The molecular weight excluding hydrogens is 428 g/mol. The van der Waals surface area contributed by atoms with Crippen LogP contribution in [0, 0.1) is 6.92 Å². The first-order valence-electron chi connectivity index (χ1n) is 10.6. The molecule has 0 aromatic heterocycles. The molecule has 0 saturated heterocycles. The fourth-order valence-corrected chi connectivity index (χ4v) is 4.24. The molecule has 0 aliphatic rings. The van der Waals surface area contributed by atoms with Crippen molar-refractivity contribution in [1.82, 2.24) is 10.2 Å². The number of hydrogen-bond acceptors (Lipinski definition) is 3. The van der Waals surface area contributed by atoms with Gasteiger partial charge in [0.25, 0.3) is 0 Å². The van der Waals surface area contributed by atoms with E-state index in [1.54, 1.807) is 16.7 Å². The maximum Gasteiger partial charge on any atom is 0.243 e. The van der Waals surface area contributed by atoms with E-state index < -0.39 is 6.04 Å². The van der Waals surface area contributed by atoms with Gasteiger partial charge < -0.3 is 10.2 Å². The standard InChI is InChI=1S/C25H33ClN2O2S/c1-6-22(24(30)27-25(3,4)5)28(17-19-10-8-7-9-18(19)2)23(29)15-16-31-21-13-11-20(26)12-14-21/h7-14,22H,6,15-17H2,1-5H3,(H,27,30)/t22-/m1/s1. The largest absolute Gasteiger partial charge is 0.350 e. The van der Waals surface area contributed by atoms with Crippen LogP contribution in [0.2, 0.25) is 5.02 Å². The molecule has 1 N–H and O–H groups in total. The summed E-state index contributed by atoms with van der Waals surface area (Å²) in [6, 6.07) is 15.1. The quantitative estimate of drug-likeness (QED) is 0.477. The SMILES string of the molecule is CC[C@H](C(=O)NC(C)(C)C)N(Cc1ccccc1C)C(=O)CCSc1ccc(Cl)cc1. The van der Waals surface area contributed by atoms with Gasteiger partial charge in [0.2, 0.25) is 11.8 Å². The molecule has 4 nitrogen and oxygen atoms in total. The fourth-order valence-electron chi connectivity index (χ4n) is 3.27. The van der Waals surface area contributed by atoms with Crippen LogP contribution in [0.3, 0.4) is 0 Å². The maximum absolute atomic E-state index is 13.3. The molecule has 0 heterocycles. The normalized spacial score (nSPS) is 12.3. The first kappa shape index (κ1) is 25.3. The van der Waals surface area contributed by atoms with Crippen LogP contribution in [-0.2, 0) is 16.1 Å². The van der Waals surface area contributed by atoms with Gasteiger partial charge in [-0.25, -0.2) is 0 Å². The van der Waals surface area contributed by atoms with Gasteiger partial charge in [0.05, 0.1) is 0 Å². The monoisotopic (exact) mass is 460 g/mol. The Kier molecular flexibility index (Phi) is 9.45. The number of nitrogens with zero attached hydrogens (tertiary/aromatic N) is 1. The van der Waals surface area contributed by atoms with Gasteiger partial charge in [-0.15, -0.1) is 11.8 Å². The van der Waals surface area contributed by atoms with Crippen LogP contribution < -0.4 is 5.32 Å². The van der Waals surface area contributed by atoms with Gasteiger partial charge in [-0.2, -0.15) is 0 Å². The number of rotatable bonds is 9. The van der Waals surface area contributed by atoms with Gasteiger partial charge >= 0.3 is 0 Å². The Morgan fingerprint density at radius 3 is 2.32 bits per heavy atom. The predicted octanol–water partition coefficient (Wildman–Crippen LogP) is 5.85. The molecule has 0 fully saturated rings. The summed E-state index contributed by atoms with van der Waals surface area (Å²) < 4.78 is 0. The van der Waals surface area contributed by atoms with E-state index in [0.29, 0.717) is 30.2 Å². The minimum Gasteiger partial charge on any atom is -0.350 e. The molecule has 2 aromatic carbocycles. The van der Waals surface area contributed by atoms with Crippen LogP contribution in [0.4, 0.5) is 0 Å². The molecule has 2 aromatic rings. The number of aryl methyl sites for hydroxylation is 1. The Balaban J connectivity index is 2.16. The molecule has 0 bridgehead atoms. The van der Waals surface area contributed by atoms with Gasteiger partial charge in [-0.05, 0) is 69.5 Å². The molecule has 0 spiro atoms. The number of halogens is 1. The number of hydrogen-bond donors (Lipinski definition) is 1. The molecule has 168 valence electrons. The van der Waals surface area contributed by atoms with Gasteiger partial charge in [0.1, 0.15) is 6.04 Å². The molecule has 0 aliphatic carbocycles. The smallest absolute Gasteiger partial charge is 0.243 e. The second-order valence-corrected chi connectivity index (χ2v) is 10.3. The van der Waals surface area contributed by atoms with Crippen LogP contribution in [0.15, 0.2) is 53.4 Å². The summed E-state index contributed by atoms with van der Waals surface area (Å²) in [6.45, 7) is 10.3. The van der Waals surface area contributed by atoms with Crippen LogP contribution in [0.1, 0.15) is 51.7 Å². The first-order valence-corrected chi connectivity index (χ1v) is 12.0. The average molecular weight is 461 g/mol. The minimum absolute atomic E-state index is 0.0133. The second kappa shape index (κ2) is 11.6. The van der Waals surface area contributed by atoms with E-state index in [4.69, 9.17) is 11.6 Å². The van der Waals surface area contributed by atoms with Crippen molar-refractivity contribution in [3.05, 3.63) is 64.7 Å². The zero-order valence-corrected chi connectivity index (χ0v) is 20.6. The molecule has 0 radical (unpaired) electrons. The number of benzene rings is 2. The molecular formula is C25H33ClN2O2S. The zero-order chi connectivity index (χ0) is 23.0. The number of carbonyl (C=O) groups is 2. The van der Waals surface area contributed by atoms with Gasteiger partial charge in [-0.3, -0.25) is 9.59 Å². The number of carbonyl (C=O) groups excluding carboxylic acids is 2. The van der Waals surface area contributed by atoms with Crippen molar-refractivity contribution in [2.45, 2.75) is 70.5 Å². The van der Waals surface area contributed by atoms with Crippen molar-refractivity contribution in [3.63, 3.8) is 0 Å². The van der Waals surface area contributed by atoms with Crippen LogP contribution in [0.5, 0.6) is 0 Å². The first-order chi connectivity index (χ1) is 14.6. The van der Waals surface area contributed by atoms with E-state index in [1.807, 2.05) is 83.1 Å². The summed E-state index contributed by atoms with van der Waals surface area (Å²) in [5.74, 6) is 0.519. The lowest BCUT2D eigenvalue weighted by Crippen LogP contribution is -2.53. The Morgan fingerprint density at radius 1 is 1.10 bits per heavy atom. The van der Waals surface area contributed by atoms with E-state index in [-0.39, 0.29) is 17.4 Å². The molecule has 2 amide bonds. The summed E-state index contributed by atoms with van der Waals surface area (Å²) in [6.07, 6.45) is 0.919. The van der Waals surface area contributed by atoms with Crippen LogP contribution in [-0.4, -0.2) is 34.0 Å². The lowest BCUT2D eigenvalue weighted by molar-refractivity contribution is -0.141. The Hall–Kier alpha value is -1.98. The van der Waals surface area contributed by atoms with Gasteiger partial charge in [-0.1, -0.05) is 42.8 Å². The second-order valence-electron chi connectivity index (χ2n) is 8.66. The summed E-state index contributed by atoms with van der Waals surface area (Å²) in [5.41, 5.74) is 1.82. The fraction of sp³-hybridized carbons (Fsp3) is 0.440. The van der Waals surface area contributed by atoms with Crippen molar-refractivity contribution >= 4 is 35.2 Å². The van der Waals surface area contributed by atoms with Gasteiger partial charge in [0, 0.05) is 34.2 Å². The molecule has 1 atom stereocenters. The third-order valence-electron chi connectivity index (χ3n) is 4.88. The van der Waals surface area contributed by atoms with Crippen molar-refractivity contribution in [2.24, 2.45) is 0 Å². The number of amides is 2. The third kappa shape index (κ3) is 8.23. The molecule has 31 heavy (non-hydrogen) atoms. The van der Waals surface area contributed by atoms with E-state index in [2.05, 4.69) is 5.32 Å². The summed E-state index contributed by atoms with van der Waals surface area (Å²) in [4.78, 5) is 29.1. The molecule has 0 saturated carbocycles. The maximum atomic E-state index is 13.3. The van der Waals surface area contributed by atoms with E-state index in [1.165, 1.54) is 0 Å². The molecule has 0 aliphatic heterocycles. The Morgan fingerprint density at radius 2 is 1.74 bits per heavy atom. The highest BCUT2D eigenvalue weighted by Crippen LogP contribution is 2.23. The van der Waals surface area contributed by atoms with Crippen molar-refractivity contribution in [3.8, 4) is 0 Å². The highest BCUT2D eigenvalue weighted by atomic mass is 35.5. The number of thioether (sulfide) groups is 1. The third-order valence-corrected chi connectivity index (χ3v) is 6.15. The minimum atomic E-state index is -0.508. The lowest BCUT2D eigenvalue weighted by Gasteiger charge is -2.33. The highest BCUT2D eigenvalue weighted by molar-refractivity contribution is 7.99. The molecule has 6 heteroatoms. The van der Waals surface area contributed by atoms with E-state index in [0.717, 1.165) is 16.0 Å². The molecule has 2 rings (SSSR count). The summed E-state index contributed by atoms with van der Waals surface area (Å²) >= 11 is 7.56. The Labute approximate surface area is 195 Å². The summed E-state index contributed by atoms with van der Waals surface area (Å²) in [5, 5.41) is 3.74. The van der Waals surface area contributed by atoms with Crippen LogP contribution in [0.25, 0.3) is 0 Å². The topological polar surface area (TPSA) is 49.4 Å². The average Bonchev–Trinajstić information content (AvgIpc) is 2.69. The van der Waals surface area contributed by atoms with Gasteiger partial charge in [0.15, 0.2) is 0 Å². The summed E-state index contributed by atoms with van der Waals surface area (Å²) in [7, 11) is 0. The predicted molar refractivity (Wildman–Crippen MR) is 130 cm³/mol. The Bertz CT molecular complexity index is 878. The number of nitrogens with one attached hydrogen (secondary N) is 1. The van der Waals surface area contributed by atoms with E-state index in [9.17, 15) is 9.59 Å². The lowest BCUT2D eigenvalue weighted by atomic mass is 10.0. The highest BCUT2D eigenvalue weighted by Gasteiger charge is 2.30. The van der Waals surface area contributed by atoms with Crippen LogP contribution >= 0.6 is 23.4 Å². The van der Waals surface area contributed by atoms with Crippen molar-refractivity contribution < 1.29 is 9.59 Å².